The topological polar surface area (TPSA) is 81.9 Å². The number of rotatable bonds is 8. The van der Waals surface area contributed by atoms with E-state index in [1.165, 1.54) is 11.8 Å². The molecular formula is C23H21N5O2S. The summed E-state index contributed by atoms with van der Waals surface area (Å²) in [6, 6.07) is 21.4. The third-order valence-electron chi connectivity index (χ3n) is 4.53. The Balaban J connectivity index is 1.49. The van der Waals surface area contributed by atoms with Crippen LogP contribution in [0.3, 0.4) is 0 Å². The number of aryl methyl sites for hydroxylation is 1. The van der Waals surface area contributed by atoms with Crippen molar-refractivity contribution in [2.75, 3.05) is 5.75 Å². The van der Waals surface area contributed by atoms with Crippen molar-refractivity contribution in [2.24, 2.45) is 0 Å². The first kappa shape index (κ1) is 20.8. The van der Waals surface area contributed by atoms with Crippen LogP contribution >= 0.6 is 11.8 Å². The molecule has 2 heterocycles. The van der Waals surface area contributed by atoms with E-state index in [9.17, 15) is 4.79 Å². The molecule has 0 aliphatic heterocycles. The predicted molar refractivity (Wildman–Crippen MR) is 119 cm³/mol. The maximum atomic E-state index is 12.3. The van der Waals surface area contributed by atoms with Crippen molar-refractivity contribution in [3.63, 3.8) is 0 Å². The summed E-state index contributed by atoms with van der Waals surface area (Å²) in [7, 11) is 0. The van der Waals surface area contributed by atoms with Gasteiger partial charge in [0, 0.05) is 18.0 Å². The van der Waals surface area contributed by atoms with E-state index in [-0.39, 0.29) is 11.7 Å². The minimum absolute atomic E-state index is 0.148. The summed E-state index contributed by atoms with van der Waals surface area (Å²) in [5.74, 6) is 0.598. The lowest BCUT2D eigenvalue weighted by molar-refractivity contribution is -0.131. The van der Waals surface area contributed by atoms with E-state index < -0.39 is 0 Å². The zero-order chi connectivity index (χ0) is 21.5. The number of carbonyl (C=O) groups is 1. The second kappa shape index (κ2) is 10.0. The Bertz CT molecular complexity index is 1150. The van der Waals surface area contributed by atoms with Crippen LogP contribution in [-0.4, -0.2) is 31.4 Å². The fourth-order valence-corrected chi connectivity index (χ4v) is 3.75. The van der Waals surface area contributed by atoms with Gasteiger partial charge in [0.25, 0.3) is 5.91 Å². The molecule has 31 heavy (non-hydrogen) atoms. The zero-order valence-corrected chi connectivity index (χ0v) is 17.7. The molecule has 7 nitrogen and oxygen atoms in total. The number of benzene rings is 2. The van der Waals surface area contributed by atoms with Crippen LogP contribution in [-0.2, 0) is 16.2 Å². The van der Waals surface area contributed by atoms with E-state index in [0.29, 0.717) is 17.6 Å². The van der Waals surface area contributed by atoms with Gasteiger partial charge in [-0.2, -0.15) is 0 Å². The number of carbonyl (C=O) groups excluding carboxylic acids is 1. The lowest BCUT2D eigenvalue weighted by Gasteiger charge is -2.12. The summed E-state index contributed by atoms with van der Waals surface area (Å²) in [6.07, 6.45) is 3.44. The van der Waals surface area contributed by atoms with Gasteiger partial charge in [0.05, 0.1) is 18.0 Å². The van der Waals surface area contributed by atoms with E-state index in [2.05, 4.69) is 20.7 Å². The highest BCUT2D eigenvalue weighted by Gasteiger charge is 2.18. The minimum Gasteiger partial charge on any atom is -0.272 e. The van der Waals surface area contributed by atoms with Crippen molar-refractivity contribution in [1.82, 2.24) is 25.2 Å². The molecule has 0 saturated carbocycles. The highest BCUT2D eigenvalue weighted by atomic mass is 32.2. The lowest BCUT2D eigenvalue weighted by Crippen LogP contribution is -2.25. The molecule has 0 radical (unpaired) electrons. The number of pyridine rings is 1. The Labute approximate surface area is 184 Å². The quantitative estimate of drug-likeness (QED) is 0.336. The number of thioether (sulfide) groups is 1. The molecule has 8 heteroatoms. The van der Waals surface area contributed by atoms with Gasteiger partial charge in [0.15, 0.2) is 11.0 Å². The molecule has 0 unspecified atom stereocenters. The first-order valence-corrected chi connectivity index (χ1v) is 10.7. The highest BCUT2D eigenvalue weighted by molar-refractivity contribution is 7.99. The highest BCUT2D eigenvalue weighted by Crippen LogP contribution is 2.29. The zero-order valence-electron chi connectivity index (χ0n) is 16.9. The standard InChI is InChI=1S/C23H21N5O2S/c1-17-7-5-6-10-20(17)28-22(19-11-13-24-14-12-19)25-26-23(28)31-16-21(29)27-30-15-18-8-3-2-4-9-18/h2-14H,15-16H2,1H3,(H,27,29). The Morgan fingerprint density at radius 3 is 2.52 bits per heavy atom. The van der Waals surface area contributed by atoms with Crippen LogP contribution < -0.4 is 5.48 Å². The molecule has 0 aliphatic rings. The summed E-state index contributed by atoms with van der Waals surface area (Å²) < 4.78 is 1.97. The first-order chi connectivity index (χ1) is 15.2. The van der Waals surface area contributed by atoms with Gasteiger partial charge in [0.2, 0.25) is 0 Å². The van der Waals surface area contributed by atoms with Crippen LogP contribution in [0.25, 0.3) is 17.1 Å². The first-order valence-electron chi connectivity index (χ1n) is 9.71. The summed E-state index contributed by atoms with van der Waals surface area (Å²) in [5, 5.41) is 9.35. The largest absolute Gasteiger partial charge is 0.272 e. The van der Waals surface area contributed by atoms with Gasteiger partial charge in [-0.05, 0) is 36.2 Å². The number of aromatic nitrogens is 4. The second-order valence-corrected chi connectivity index (χ2v) is 7.69. The van der Waals surface area contributed by atoms with E-state index in [1.54, 1.807) is 12.4 Å². The van der Waals surface area contributed by atoms with Gasteiger partial charge in [-0.25, -0.2) is 5.48 Å². The maximum absolute atomic E-state index is 12.3. The van der Waals surface area contributed by atoms with Crippen molar-refractivity contribution in [2.45, 2.75) is 18.7 Å². The smallest absolute Gasteiger partial charge is 0.254 e. The van der Waals surface area contributed by atoms with Gasteiger partial charge in [0.1, 0.15) is 0 Å². The average molecular weight is 432 g/mol. The molecule has 0 atom stereocenters. The van der Waals surface area contributed by atoms with Crippen molar-refractivity contribution in [3.05, 3.63) is 90.3 Å². The number of hydroxylamine groups is 1. The Hall–Kier alpha value is -3.49. The van der Waals surface area contributed by atoms with E-state index >= 15 is 0 Å². The number of nitrogens with one attached hydrogen (secondary N) is 1. The molecule has 1 amide bonds. The normalized spacial score (nSPS) is 10.7. The fraction of sp³-hybridized carbons (Fsp3) is 0.130. The maximum Gasteiger partial charge on any atom is 0.254 e. The number of hydrogen-bond donors (Lipinski definition) is 1. The van der Waals surface area contributed by atoms with Crippen molar-refractivity contribution < 1.29 is 9.63 Å². The Morgan fingerprint density at radius 2 is 1.74 bits per heavy atom. The number of para-hydroxylation sites is 1. The van der Waals surface area contributed by atoms with Crippen LogP contribution in [0, 0.1) is 6.92 Å². The SMILES string of the molecule is Cc1ccccc1-n1c(SCC(=O)NOCc2ccccc2)nnc1-c1ccncc1. The van der Waals surface area contributed by atoms with Gasteiger partial charge in [-0.15, -0.1) is 10.2 Å². The number of nitrogens with zero attached hydrogens (tertiary/aromatic N) is 4. The molecule has 0 saturated heterocycles. The molecule has 4 rings (SSSR count). The molecule has 2 aromatic carbocycles. The van der Waals surface area contributed by atoms with Gasteiger partial charge in [-0.1, -0.05) is 60.3 Å². The summed E-state index contributed by atoms with van der Waals surface area (Å²) in [6.45, 7) is 2.34. The molecular weight excluding hydrogens is 410 g/mol. The van der Waals surface area contributed by atoms with E-state index in [1.807, 2.05) is 78.2 Å². The monoisotopic (exact) mass is 431 g/mol. The third kappa shape index (κ3) is 5.17. The van der Waals surface area contributed by atoms with Gasteiger partial charge >= 0.3 is 0 Å². The molecule has 2 aromatic heterocycles. The van der Waals surface area contributed by atoms with Crippen molar-refractivity contribution >= 4 is 17.7 Å². The fourth-order valence-electron chi connectivity index (χ4n) is 3.02. The van der Waals surface area contributed by atoms with Crippen LogP contribution in [0.5, 0.6) is 0 Å². The average Bonchev–Trinajstić information content (AvgIpc) is 3.23. The minimum atomic E-state index is -0.245. The van der Waals surface area contributed by atoms with Crippen LogP contribution in [0.15, 0.2) is 84.3 Å². The van der Waals surface area contributed by atoms with E-state index in [0.717, 1.165) is 22.4 Å². The predicted octanol–water partition coefficient (Wildman–Crippen LogP) is 3.98. The summed E-state index contributed by atoms with van der Waals surface area (Å²) in [5.41, 5.74) is 6.40. The third-order valence-corrected chi connectivity index (χ3v) is 5.46. The van der Waals surface area contributed by atoms with Crippen LogP contribution in [0.4, 0.5) is 0 Å². The molecule has 4 aromatic rings. The van der Waals surface area contributed by atoms with Crippen molar-refractivity contribution in [1.29, 1.82) is 0 Å². The van der Waals surface area contributed by atoms with Gasteiger partial charge in [-0.3, -0.25) is 19.2 Å². The number of hydrogen-bond acceptors (Lipinski definition) is 6. The van der Waals surface area contributed by atoms with Crippen LogP contribution in [0.2, 0.25) is 0 Å². The van der Waals surface area contributed by atoms with Crippen molar-refractivity contribution in [3.8, 4) is 17.1 Å². The number of amides is 1. The molecule has 0 spiro atoms. The molecule has 0 fully saturated rings. The van der Waals surface area contributed by atoms with Gasteiger partial charge < -0.3 is 0 Å². The molecule has 0 bridgehead atoms. The second-order valence-electron chi connectivity index (χ2n) is 6.75. The molecule has 0 aliphatic carbocycles. The summed E-state index contributed by atoms with van der Waals surface area (Å²) >= 11 is 1.30. The Morgan fingerprint density at radius 1 is 1.00 bits per heavy atom. The molecule has 1 N–H and O–H groups in total. The summed E-state index contributed by atoms with van der Waals surface area (Å²) in [4.78, 5) is 21.7. The Kier molecular flexibility index (Phi) is 6.71. The lowest BCUT2D eigenvalue weighted by atomic mass is 10.2. The van der Waals surface area contributed by atoms with E-state index in [4.69, 9.17) is 4.84 Å². The van der Waals surface area contributed by atoms with Crippen LogP contribution in [0.1, 0.15) is 11.1 Å². The molecule has 156 valence electrons.